The molecule has 0 fully saturated rings. The lowest BCUT2D eigenvalue weighted by Crippen LogP contribution is -2.16. The summed E-state index contributed by atoms with van der Waals surface area (Å²) in [5, 5.41) is 6.52. The lowest BCUT2D eigenvalue weighted by molar-refractivity contribution is -0.120. The van der Waals surface area contributed by atoms with Crippen LogP contribution in [0.2, 0.25) is 0 Å². The SMILES string of the molecule is COc1cc(/C=N/OCC(=O)Nc2ccccc2)cc(I)c1OC. The highest BCUT2D eigenvalue weighted by molar-refractivity contribution is 14.1. The average Bonchev–Trinajstić information content (AvgIpc) is 2.59. The molecule has 1 N–H and O–H groups in total. The number of para-hydroxylation sites is 1. The van der Waals surface area contributed by atoms with Crippen molar-refractivity contribution in [3.8, 4) is 11.5 Å². The van der Waals surface area contributed by atoms with Crippen LogP contribution in [0, 0.1) is 3.57 Å². The smallest absolute Gasteiger partial charge is 0.265 e. The first-order valence-electron chi connectivity index (χ1n) is 7.05. The van der Waals surface area contributed by atoms with E-state index in [2.05, 4.69) is 33.1 Å². The van der Waals surface area contributed by atoms with Gasteiger partial charge in [0.1, 0.15) is 0 Å². The Morgan fingerprint density at radius 3 is 2.62 bits per heavy atom. The summed E-state index contributed by atoms with van der Waals surface area (Å²) in [6, 6.07) is 12.8. The number of nitrogens with one attached hydrogen (secondary N) is 1. The lowest BCUT2D eigenvalue weighted by Gasteiger charge is -2.10. The molecule has 2 aromatic carbocycles. The summed E-state index contributed by atoms with van der Waals surface area (Å²) in [6.45, 7) is -0.171. The van der Waals surface area contributed by atoms with E-state index in [1.165, 1.54) is 6.21 Å². The van der Waals surface area contributed by atoms with Crippen LogP contribution in [0.3, 0.4) is 0 Å². The van der Waals surface area contributed by atoms with E-state index < -0.39 is 0 Å². The summed E-state index contributed by atoms with van der Waals surface area (Å²) in [7, 11) is 3.15. The van der Waals surface area contributed by atoms with E-state index in [1.807, 2.05) is 24.3 Å². The maximum absolute atomic E-state index is 11.7. The number of hydrogen-bond acceptors (Lipinski definition) is 5. The fourth-order valence-corrected chi connectivity index (χ4v) is 2.77. The zero-order valence-corrected chi connectivity index (χ0v) is 15.4. The van der Waals surface area contributed by atoms with Gasteiger partial charge in [0.2, 0.25) is 0 Å². The van der Waals surface area contributed by atoms with Crippen molar-refractivity contribution in [3.63, 3.8) is 0 Å². The Labute approximate surface area is 153 Å². The van der Waals surface area contributed by atoms with Crippen LogP contribution in [-0.4, -0.2) is 32.9 Å². The molecule has 7 heteroatoms. The number of amides is 1. The van der Waals surface area contributed by atoms with E-state index in [1.54, 1.807) is 32.4 Å². The second-order valence-electron chi connectivity index (χ2n) is 4.66. The van der Waals surface area contributed by atoms with Crippen LogP contribution in [0.5, 0.6) is 11.5 Å². The van der Waals surface area contributed by atoms with Gasteiger partial charge in [-0.25, -0.2) is 0 Å². The minimum Gasteiger partial charge on any atom is -0.493 e. The topological polar surface area (TPSA) is 69.2 Å². The summed E-state index contributed by atoms with van der Waals surface area (Å²) in [6.07, 6.45) is 1.51. The van der Waals surface area contributed by atoms with Crippen molar-refractivity contribution >= 4 is 40.4 Å². The van der Waals surface area contributed by atoms with Crippen LogP contribution in [-0.2, 0) is 9.63 Å². The number of ether oxygens (including phenoxy) is 2. The molecule has 1 amide bonds. The Kier molecular flexibility index (Phi) is 6.86. The first-order valence-corrected chi connectivity index (χ1v) is 8.13. The zero-order chi connectivity index (χ0) is 17.4. The molecule has 0 aliphatic heterocycles. The van der Waals surface area contributed by atoms with Crippen molar-refractivity contribution in [1.82, 2.24) is 0 Å². The standard InChI is InChI=1S/C17H17IN2O4/c1-22-15-9-12(8-14(18)17(15)23-2)10-19-24-11-16(21)20-13-6-4-3-5-7-13/h3-10H,11H2,1-2H3,(H,20,21)/b19-10+. The average molecular weight is 440 g/mol. The van der Waals surface area contributed by atoms with Crippen molar-refractivity contribution < 1.29 is 19.1 Å². The van der Waals surface area contributed by atoms with Crippen molar-refractivity contribution in [1.29, 1.82) is 0 Å². The number of oxime groups is 1. The second-order valence-corrected chi connectivity index (χ2v) is 5.82. The van der Waals surface area contributed by atoms with Crippen molar-refractivity contribution in [2.45, 2.75) is 0 Å². The summed E-state index contributed by atoms with van der Waals surface area (Å²) in [5.74, 6) is 0.992. The summed E-state index contributed by atoms with van der Waals surface area (Å²) in [5.41, 5.74) is 1.49. The Hall–Kier alpha value is -2.29. The molecule has 0 aliphatic rings. The molecular formula is C17H17IN2O4. The summed E-state index contributed by atoms with van der Waals surface area (Å²) in [4.78, 5) is 16.7. The third-order valence-electron chi connectivity index (χ3n) is 2.99. The Bertz CT molecular complexity index is 720. The van der Waals surface area contributed by atoms with Crippen LogP contribution in [0.4, 0.5) is 5.69 Å². The van der Waals surface area contributed by atoms with Crippen molar-refractivity contribution in [2.75, 3.05) is 26.1 Å². The molecule has 2 aromatic rings. The number of nitrogens with zero attached hydrogens (tertiary/aromatic N) is 1. The van der Waals surface area contributed by atoms with E-state index in [-0.39, 0.29) is 12.5 Å². The van der Waals surface area contributed by atoms with Gasteiger partial charge < -0.3 is 19.6 Å². The largest absolute Gasteiger partial charge is 0.493 e. The van der Waals surface area contributed by atoms with Gasteiger partial charge in [-0.05, 0) is 46.9 Å². The van der Waals surface area contributed by atoms with Gasteiger partial charge in [0, 0.05) is 11.3 Å². The maximum Gasteiger partial charge on any atom is 0.265 e. The number of methoxy groups -OCH3 is 2. The molecule has 0 atom stereocenters. The van der Waals surface area contributed by atoms with Crippen LogP contribution in [0.25, 0.3) is 0 Å². The third-order valence-corrected chi connectivity index (χ3v) is 3.79. The minimum absolute atomic E-state index is 0.171. The Morgan fingerprint density at radius 2 is 1.96 bits per heavy atom. The molecule has 0 radical (unpaired) electrons. The van der Waals surface area contributed by atoms with Crippen LogP contribution in [0.15, 0.2) is 47.6 Å². The highest BCUT2D eigenvalue weighted by atomic mass is 127. The van der Waals surface area contributed by atoms with Crippen molar-refractivity contribution in [2.24, 2.45) is 5.16 Å². The number of rotatable bonds is 7. The molecule has 2 rings (SSSR count). The summed E-state index contributed by atoms with van der Waals surface area (Å²) >= 11 is 2.15. The maximum atomic E-state index is 11.7. The van der Waals surface area contributed by atoms with Gasteiger partial charge in [0.15, 0.2) is 18.1 Å². The van der Waals surface area contributed by atoms with Gasteiger partial charge >= 0.3 is 0 Å². The monoisotopic (exact) mass is 440 g/mol. The molecule has 0 saturated heterocycles. The summed E-state index contributed by atoms with van der Waals surface area (Å²) < 4.78 is 11.4. The van der Waals surface area contributed by atoms with E-state index in [0.29, 0.717) is 17.2 Å². The van der Waals surface area contributed by atoms with Gasteiger partial charge in [0.05, 0.1) is 24.0 Å². The van der Waals surface area contributed by atoms with E-state index >= 15 is 0 Å². The molecule has 0 heterocycles. The van der Waals surface area contributed by atoms with Gasteiger partial charge in [0.25, 0.3) is 5.91 Å². The first-order chi connectivity index (χ1) is 11.6. The highest BCUT2D eigenvalue weighted by Crippen LogP contribution is 2.32. The van der Waals surface area contributed by atoms with Crippen LogP contribution >= 0.6 is 22.6 Å². The quantitative estimate of drug-likeness (QED) is 0.408. The fourth-order valence-electron chi connectivity index (χ4n) is 1.92. The molecule has 126 valence electrons. The van der Waals surface area contributed by atoms with Crippen molar-refractivity contribution in [3.05, 3.63) is 51.6 Å². The number of halogens is 1. The van der Waals surface area contributed by atoms with E-state index in [0.717, 1.165) is 9.13 Å². The highest BCUT2D eigenvalue weighted by Gasteiger charge is 2.09. The molecule has 6 nitrogen and oxygen atoms in total. The van der Waals surface area contributed by atoms with E-state index in [4.69, 9.17) is 14.3 Å². The molecule has 0 unspecified atom stereocenters. The number of benzene rings is 2. The zero-order valence-electron chi connectivity index (χ0n) is 13.3. The van der Waals surface area contributed by atoms with Gasteiger partial charge in [-0.3, -0.25) is 4.79 Å². The van der Waals surface area contributed by atoms with Gasteiger partial charge in [-0.15, -0.1) is 0 Å². The van der Waals surface area contributed by atoms with Crippen LogP contribution in [0.1, 0.15) is 5.56 Å². The predicted octanol–water partition coefficient (Wildman–Crippen LogP) is 3.30. The lowest BCUT2D eigenvalue weighted by atomic mass is 10.2. The fraction of sp³-hybridized carbons (Fsp3) is 0.176. The number of anilines is 1. The minimum atomic E-state index is -0.278. The molecule has 0 aliphatic carbocycles. The number of carbonyl (C=O) groups excluding carboxylic acids is 1. The van der Waals surface area contributed by atoms with Gasteiger partial charge in [-0.2, -0.15) is 0 Å². The Morgan fingerprint density at radius 1 is 1.21 bits per heavy atom. The number of hydrogen-bond donors (Lipinski definition) is 1. The first kappa shape index (κ1) is 18.1. The molecule has 0 bridgehead atoms. The normalized spacial score (nSPS) is 10.5. The molecular weight excluding hydrogens is 423 g/mol. The van der Waals surface area contributed by atoms with Crippen LogP contribution < -0.4 is 14.8 Å². The molecule has 0 saturated carbocycles. The third kappa shape index (κ3) is 5.12. The molecule has 0 aromatic heterocycles. The predicted molar refractivity (Wildman–Crippen MR) is 101 cm³/mol. The second kappa shape index (κ2) is 9.11. The van der Waals surface area contributed by atoms with Gasteiger partial charge in [-0.1, -0.05) is 23.4 Å². The molecule has 24 heavy (non-hydrogen) atoms. The number of carbonyl (C=O) groups is 1. The Balaban J connectivity index is 1.90. The van der Waals surface area contributed by atoms with E-state index in [9.17, 15) is 4.79 Å². The molecule has 0 spiro atoms.